The quantitative estimate of drug-likeness (QED) is 0.141. The summed E-state index contributed by atoms with van der Waals surface area (Å²) < 4.78 is 2.42. The summed E-state index contributed by atoms with van der Waals surface area (Å²) >= 11 is 0. The maximum atomic E-state index is 2.42. The van der Waals surface area contributed by atoms with Crippen molar-refractivity contribution < 1.29 is 0 Å². The van der Waals surface area contributed by atoms with Gasteiger partial charge in [-0.25, -0.2) is 0 Å². The maximum absolute atomic E-state index is 2.42. The number of hydrogen-bond acceptors (Lipinski definition) is 1. The molecule has 66 heavy (non-hydrogen) atoms. The van der Waals surface area contributed by atoms with Crippen LogP contribution in [0.5, 0.6) is 0 Å². The summed E-state index contributed by atoms with van der Waals surface area (Å²) in [5.41, 5.74) is 18.7. The lowest BCUT2D eigenvalue weighted by atomic mass is 9.94. The highest BCUT2D eigenvalue weighted by atomic mass is 15.1. The van der Waals surface area contributed by atoms with Crippen molar-refractivity contribution >= 4 is 49.6 Å². The summed E-state index contributed by atoms with van der Waals surface area (Å²) in [6.07, 6.45) is 0. The fourth-order valence-corrected chi connectivity index (χ4v) is 9.81. The van der Waals surface area contributed by atoms with Gasteiger partial charge in [-0.2, -0.15) is 0 Å². The Balaban J connectivity index is 0.999. The van der Waals surface area contributed by atoms with Crippen LogP contribution >= 0.6 is 0 Å². The summed E-state index contributed by atoms with van der Waals surface area (Å²) in [5.74, 6) is 0. The highest BCUT2D eigenvalue weighted by Gasteiger charge is 2.20. The van der Waals surface area contributed by atoms with Crippen molar-refractivity contribution in [3.05, 3.63) is 267 Å². The molecule has 0 N–H and O–H groups in total. The Bertz CT molecular complexity index is 3660. The molecule has 1 aromatic heterocycles. The number of nitrogens with zero attached hydrogens (tertiary/aromatic N) is 2. The van der Waals surface area contributed by atoms with E-state index in [1.165, 1.54) is 82.6 Å². The molecule has 12 aromatic rings. The molecular formula is C64H44N2. The van der Waals surface area contributed by atoms with Gasteiger partial charge in [0.1, 0.15) is 0 Å². The second-order valence-electron chi connectivity index (χ2n) is 16.9. The first-order valence-corrected chi connectivity index (χ1v) is 22.7. The van der Waals surface area contributed by atoms with Crippen LogP contribution in [0.1, 0.15) is 0 Å². The third-order valence-corrected chi connectivity index (χ3v) is 13.0. The van der Waals surface area contributed by atoms with Crippen LogP contribution in [0.3, 0.4) is 0 Å². The molecule has 0 spiro atoms. The zero-order chi connectivity index (χ0) is 43.8. The first-order chi connectivity index (χ1) is 32.7. The zero-order valence-corrected chi connectivity index (χ0v) is 36.3. The fourth-order valence-electron chi connectivity index (χ4n) is 9.81. The lowest BCUT2D eigenvalue weighted by Crippen LogP contribution is -2.10. The van der Waals surface area contributed by atoms with E-state index in [1.807, 2.05) is 0 Å². The largest absolute Gasteiger partial charge is 0.310 e. The molecule has 0 atom stereocenters. The first kappa shape index (κ1) is 38.9. The van der Waals surface area contributed by atoms with Crippen molar-refractivity contribution in [2.45, 2.75) is 0 Å². The zero-order valence-electron chi connectivity index (χ0n) is 36.3. The molecule has 0 aliphatic heterocycles. The molecule has 1 heterocycles. The Labute approximate surface area is 385 Å². The summed E-state index contributed by atoms with van der Waals surface area (Å²) in [5, 5.41) is 4.95. The van der Waals surface area contributed by atoms with Gasteiger partial charge in [0.15, 0.2) is 0 Å². The number of rotatable bonds is 9. The predicted molar refractivity (Wildman–Crippen MR) is 280 cm³/mol. The predicted octanol–water partition coefficient (Wildman–Crippen LogP) is 17.7. The Hall–Kier alpha value is -8.72. The van der Waals surface area contributed by atoms with Gasteiger partial charge in [-0.3, -0.25) is 0 Å². The minimum Gasteiger partial charge on any atom is -0.310 e. The van der Waals surface area contributed by atoms with Gasteiger partial charge in [-0.1, -0.05) is 194 Å². The van der Waals surface area contributed by atoms with Crippen LogP contribution in [0.2, 0.25) is 0 Å². The third-order valence-electron chi connectivity index (χ3n) is 13.0. The monoisotopic (exact) mass is 840 g/mol. The second kappa shape index (κ2) is 16.8. The number of hydrogen-bond donors (Lipinski definition) is 0. The number of para-hydroxylation sites is 1. The molecule has 2 nitrogen and oxygen atoms in total. The second-order valence-corrected chi connectivity index (χ2v) is 16.9. The Morgan fingerprint density at radius 3 is 1.39 bits per heavy atom. The third kappa shape index (κ3) is 7.12. The summed E-state index contributed by atoms with van der Waals surface area (Å²) in [6, 6.07) is 96.8. The molecule has 12 rings (SSSR count). The molecule has 0 unspecified atom stereocenters. The average molecular weight is 841 g/mol. The van der Waals surface area contributed by atoms with Crippen molar-refractivity contribution in [2.75, 3.05) is 4.90 Å². The normalized spacial score (nSPS) is 11.3. The molecule has 0 saturated heterocycles. The van der Waals surface area contributed by atoms with Crippen molar-refractivity contribution in [1.29, 1.82) is 0 Å². The van der Waals surface area contributed by atoms with Gasteiger partial charge in [-0.05, 0) is 139 Å². The van der Waals surface area contributed by atoms with E-state index in [0.717, 1.165) is 28.3 Å². The van der Waals surface area contributed by atoms with Crippen molar-refractivity contribution in [1.82, 2.24) is 4.57 Å². The smallest absolute Gasteiger partial charge is 0.0547 e. The lowest BCUT2D eigenvalue weighted by molar-refractivity contribution is 1.18. The van der Waals surface area contributed by atoms with Crippen molar-refractivity contribution in [3.63, 3.8) is 0 Å². The van der Waals surface area contributed by atoms with Gasteiger partial charge in [0, 0.05) is 33.5 Å². The van der Waals surface area contributed by atoms with E-state index < -0.39 is 0 Å². The first-order valence-electron chi connectivity index (χ1n) is 22.7. The number of aromatic nitrogens is 1. The highest BCUT2D eigenvalue weighted by molar-refractivity contribution is 6.18. The van der Waals surface area contributed by atoms with Crippen LogP contribution in [0.25, 0.3) is 93.9 Å². The molecule has 0 radical (unpaired) electrons. The summed E-state index contributed by atoms with van der Waals surface area (Å²) in [6.45, 7) is 0. The molecule has 0 amide bonds. The van der Waals surface area contributed by atoms with E-state index in [0.29, 0.717) is 0 Å². The number of anilines is 3. The lowest BCUT2D eigenvalue weighted by Gasteiger charge is -2.26. The molecule has 0 saturated carbocycles. The van der Waals surface area contributed by atoms with E-state index in [1.54, 1.807) is 0 Å². The Kier molecular flexibility index (Phi) is 9.89. The maximum Gasteiger partial charge on any atom is 0.0547 e. The molecule has 0 bridgehead atoms. The Morgan fingerprint density at radius 2 is 0.727 bits per heavy atom. The molecular weight excluding hydrogens is 797 g/mol. The molecule has 310 valence electrons. The van der Waals surface area contributed by atoms with Gasteiger partial charge >= 0.3 is 0 Å². The molecule has 11 aromatic carbocycles. The van der Waals surface area contributed by atoms with Gasteiger partial charge in [0.05, 0.1) is 11.0 Å². The minimum absolute atomic E-state index is 1.08. The van der Waals surface area contributed by atoms with E-state index in [4.69, 9.17) is 0 Å². The van der Waals surface area contributed by atoms with Crippen LogP contribution in [0, 0.1) is 0 Å². The summed E-state index contributed by atoms with van der Waals surface area (Å²) in [7, 11) is 0. The van der Waals surface area contributed by atoms with Crippen LogP contribution in [-0.2, 0) is 0 Å². The van der Waals surface area contributed by atoms with E-state index in [-0.39, 0.29) is 0 Å². The van der Waals surface area contributed by atoms with Crippen molar-refractivity contribution in [3.8, 4) is 61.3 Å². The number of fused-ring (bicyclic) bond motifs is 4. The average Bonchev–Trinajstić information content (AvgIpc) is 3.72. The van der Waals surface area contributed by atoms with Crippen LogP contribution in [0.15, 0.2) is 267 Å². The SMILES string of the molecule is c1ccc(-c2cccc(-c3ccc(N(c4ccc(-c5ccccc5-c5ccccc5)cc4)c4cccc(-c5cccc6c5c5cc7ccccc7cc5n6-c5ccccc5)c4)cc3)c2)cc1. The summed E-state index contributed by atoms with van der Waals surface area (Å²) in [4.78, 5) is 2.39. The fraction of sp³-hybridized carbons (Fsp3) is 0. The van der Waals surface area contributed by atoms with Crippen LogP contribution in [0.4, 0.5) is 17.1 Å². The standard InChI is InChI=1S/C64H44N2/c1-4-17-45(18-5-1)49-23-14-24-50(41-49)46-33-37-55(38-34-46)65(56-39-35-48(36-40-56)59-30-13-12-29-58(59)47-19-6-2-7-20-47)57-28-15-25-53(42-57)60-31-16-32-62-64(60)61-43-51-21-10-11-22-52(51)44-63(61)66(62)54-26-8-3-9-27-54/h1-44H. The van der Waals surface area contributed by atoms with Crippen LogP contribution in [-0.4, -0.2) is 4.57 Å². The molecule has 0 fully saturated rings. The highest BCUT2D eigenvalue weighted by Crippen LogP contribution is 2.44. The molecule has 0 aliphatic rings. The number of benzene rings is 11. The van der Waals surface area contributed by atoms with Gasteiger partial charge < -0.3 is 9.47 Å². The van der Waals surface area contributed by atoms with Gasteiger partial charge in [0.2, 0.25) is 0 Å². The van der Waals surface area contributed by atoms with Crippen molar-refractivity contribution in [2.24, 2.45) is 0 Å². The van der Waals surface area contributed by atoms with E-state index >= 15 is 0 Å². The van der Waals surface area contributed by atoms with E-state index in [2.05, 4.69) is 276 Å². The van der Waals surface area contributed by atoms with Crippen LogP contribution < -0.4 is 4.90 Å². The van der Waals surface area contributed by atoms with Gasteiger partial charge in [-0.15, -0.1) is 0 Å². The van der Waals surface area contributed by atoms with Gasteiger partial charge in [0.25, 0.3) is 0 Å². The van der Waals surface area contributed by atoms with E-state index in [9.17, 15) is 0 Å². The molecule has 0 aliphatic carbocycles. The Morgan fingerprint density at radius 1 is 0.258 bits per heavy atom. The topological polar surface area (TPSA) is 8.17 Å². The minimum atomic E-state index is 1.08. The molecule has 2 heteroatoms.